The average Bonchev–Trinajstić information content (AvgIpc) is 2.72. The number of allylic oxidation sites excluding steroid dienone is 2. The summed E-state index contributed by atoms with van der Waals surface area (Å²) in [5.74, 6) is -0.184. The van der Waals surface area contributed by atoms with Crippen LogP contribution in [0.4, 0.5) is 0 Å². The molecule has 88 valence electrons. The van der Waals surface area contributed by atoms with Crippen LogP contribution in [0.1, 0.15) is 18.4 Å². The summed E-state index contributed by atoms with van der Waals surface area (Å²) in [5.41, 5.74) is 1.69. The van der Waals surface area contributed by atoms with Gasteiger partial charge in [-0.1, -0.05) is 36.4 Å². The lowest BCUT2D eigenvalue weighted by molar-refractivity contribution is -0.125. The molecule has 17 heavy (non-hydrogen) atoms. The first-order chi connectivity index (χ1) is 8.22. The second-order valence-corrected chi connectivity index (χ2v) is 4.16. The van der Waals surface area contributed by atoms with Crippen molar-refractivity contribution in [3.8, 4) is 0 Å². The Hall–Kier alpha value is -1.90. The summed E-state index contributed by atoms with van der Waals surface area (Å²) in [6, 6.07) is 9.59. The Bertz CT molecular complexity index is 462. The molecule has 0 saturated carbocycles. The molecule has 1 N–H and O–H groups in total. The Kier molecular flexibility index (Phi) is 3.38. The molecule has 1 aromatic carbocycles. The van der Waals surface area contributed by atoms with Crippen LogP contribution in [0.25, 0.3) is 5.57 Å². The molecule has 1 aromatic rings. The van der Waals surface area contributed by atoms with Gasteiger partial charge in [-0.2, -0.15) is 0 Å². The van der Waals surface area contributed by atoms with Gasteiger partial charge < -0.3 is 5.32 Å². The van der Waals surface area contributed by atoms with Gasteiger partial charge in [0.15, 0.2) is 5.78 Å². The molecule has 0 radical (unpaired) electrons. The molecule has 2 rings (SSSR count). The van der Waals surface area contributed by atoms with Crippen molar-refractivity contribution in [2.24, 2.45) is 5.92 Å². The lowest BCUT2D eigenvalue weighted by Gasteiger charge is -2.08. The maximum Gasteiger partial charge on any atom is 0.220 e. The Labute approximate surface area is 101 Å². The summed E-state index contributed by atoms with van der Waals surface area (Å²) in [4.78, 5) is 23.4. The third kappa shape index (κ3) is 2.44. The lowest BCUT2D eigenvalue weighted by atomic mass is 9.96. The zero-order valence-electron chi connectivity index (χ0n) is 9.77. The molecule has 0 aromatic heterocycles. The van der Waals surface area contributed by atoms with E-state index in [1.54, 1.807) is 7.05 Å². The number of nitrogens with one attached hydrogen (secondary N) is 1. The van der Waals surface area contributed by atoms with E-state index in [0.29, 0.717) is 6.42 Å². The molecular formula is C14H15NO2. The van der Waals surface area contributed by atoms with Crippen molar-refractivity contribution in [3.05, 3.63) is 42.0 Å². The van der Waals surface area contributed by atoms with Crippen LogP contribution < -0.4 is 5.32 Å². The number of amides is 1. The Morgan fingerprint density at radius 2 is 2.06 bits per heavy atom. The zero-order valence-corrected chi connectivity index (χ0v) is 9.77. The first-order valence-electron chi connectivity index (χ1n) is 5.72. The minimum absolute atomic E-state index is 0.0777. The average molecular weight is 229 g/mol. The predicted octanol–water partition coefficient (Wildman–Crippen LogP) is 1.80. The second-order valence-electron chi connectivity index (χ2n) is 4.16. The van der Waals surface area contributed by atoms with Gasteiger partial charge in [0, 0.05) is 25.0 Å². The standard InChI is InChI=1S/C14H15NO2/c1-15-13(16)9-11-7-8-12(14(11)17)10-5-3-2-4-6-10/h2-6,8,11H,7,9H2,1H3,(H,15,16). The monoisotopic (exact) mass is 229 g/mol. The summed E-state index contributed by atoms with van der Waals surface area (Å²) in [6.45, 7) is 0. The molecule has 0 heterocycles. The minimum Gasteiger partial charge on any atom is -0.359 e. The molecule has 1 atom stereocenters. The third-order valence-electron chi connectivity index (χ3n) is 3.04. The fourth-order valence-electron chi connectivity index (χ4n) is 2.07. The number of rotatable bonds is 3. The first kappa shape index (κ1) is 11.6. The van der Waals surface area contributed by atoms with E-state index in [9.17, 15) is 9.59 Å². The number of benzene rings is 1. The Balaban J connectivity index is 2.10. The highest BCUT2D eigenvalue weighted by Gasteiger charge is 2.29. The molecule has 0 bridgehead atoms. The van der Waals surface area contributed by atoms with E-state index in [2.05, 4.69) is 5.32 Å². The van der Waals surface area contributed by atoms with Crippen LogP contribution in [0.15, 0.2) is 36.4 Å². The number of carbonyl (C=O) groups excluding carboxylic acids is 2. The quantitative estimate of drug-likeness (QED) is 0.859. The van der Waals surface area contributed by atoms with Gasteiger partial charge in [-0.15, -0.1) is 0 Å². The zero-order chi connectivity index (χ0) is 12.3. The van der Waals surface area contributed by atoms with Gasteiger partial charge in [-0.05, 0) is 12.0 Å². The highest BCUT2D eigenvalue weighted by atomic mass is 16.2. The SMILES string of the molecule is CNC(=O)CC1CC=C(c2ccccc2)C1=O. The molecular weight excluding hydrogens is 214 g/mol. The van der Waals surface area contributed by atoms with Gasteiger partial charge in [0.1, 0.15) is 0 Å². The summed E-state index contributed by atoms with van der Waals surface area (Å²) in [5, 5.41) is 2.55. The van der Waals surface area contributed by atoms with Crippen molar-refractivity contribution in [3.63, 3.8) is 0 Å². The minimum atomic E-state index is -0.190. The Morgan fingerprint density at radius 1 is 1.35 bits per heavy atom. The van der Waals surface area contributed by atoms with Crippen molar-refractivity contribution in [2.45, 2.75) is 12.8 Å². The van der Waals surface area contributed by atoms with Crippen LogP contribution in [-0.4, -0.2) is 18.7 Å². The predicted molar refractivity (Wildman–Crippen MR) is 66.2 cm³/mol. The third-order valence-corrected chi connectivity index (χ3v) is 3.04. The van der Waals surface area contributed by atoms with Gasteiger partial charge in [-0.25, -0.2) is 0 Å². The van der Waals surface area contributed by atoms with Crippen molar-refractivity contribution >= 4 is 17.3 Å². The van der Waals surface area contributed by atoms with E-state index in [4.69, 9.17) is 0 Å². The van der Waals surface area contributed by atoms with Crippen molar-refractivity contribution in [2.75, 3.05) is 7.05 Å². The number of Topliss-reactive ketones (excluding diaryl/α,β-unsaturated/α-hetero) is 1. The van der Waals surface area contributed by atoms with Crippen molar-refractivity contribution in [1.82, 2.24) is 5.32 Å². The lowest BCUT2D eigenvalue weighted by Crippen LogP contribution is -2.23. The molecule has 0 spiro atoms. The fourth-order valence-corrected chi connectivity index (χ4v) is 2.07. The number of ketones is 1. The van der Waals surface area contributed by atoms with Gasteiger partial charge in [0.25, 0.3) is 0 Å². The van der Waals surface area contributed by atoms with E-state index in [1.165, 1.54) is 0 Å². The molecule has 1 amide bonds. The summed E-state index contributed by atoms with van der Waals surface area (Å²) < 4.78 is 0. The number of carbonyl (C=O) groups is 2. The van der Waals surface area contributed by atoms with E-state index in [-0.39, 0.29) is 24.0 Å². The normalized spacial score (nSPS) is 19.0. The molecule has 0 aliphatic heterocycles. The van der Waals surface area contributed by atoms with E-state index in [1.807, 2.05) is 36.4 Å². The maximum absolute atomic E-state index is 12.1. The number of hydrogen-bond acceptors (Lipinski definition) is 2. The largest absolute Gasteiger partial charge is 0.359 e. The molecule has 3 heteroatoms. The second kappa shape index (κ2) is 4.95. The molecule has 3 nitrogen and oxygen atoms in total. The van der Waals surface area contributed by atoms with Crippen LogP contribution in [0.3, 0.4) is 0 Å². The summed E-state index contributed by atoms with van der Waals surface area (Å²) >= 11 is 0. The van der Waals surface area contributed by atoms with Crippen molar-refractivity contribution in [1.29, 1.82) is 0 Å². The van der Waals surface area contributed by atoms with E-state index in [0.717, 1.165) is 11.1 Å². The highest BCUT2D eigenvalue weighted by Crippen LogP contribution is 2.30. The summed E-state index contributed by atoms with van der Waals surface area (Å²) in [6.07, 6.45) is 2.88. The molecule has 1 unspecified atom stereocenters. The van der Waals surface area contributed by atoms with Crippen LogP contribution in [0.2, 0.25) is 0 Å². The Morgan fingerprint density at radius 3 is 2.71 bits per heavy atom. The molecule has 1 aliphatic rings. The topological polar surface area (TPSA) is 46.2 Å². The highest BCUT2D eigenvalue weighted by molar-refractivity contribution is 6.24. The van der Waals surface area contributed by atoms with Gasteiger partial charge in [0.2, 0.25) is 5.91 Å². The first-order valence-corrected chi connectivity index (χ1v) is 5.72. The van der Waals surface area contributed by atoms with E-state index < -0.39 is 0 Å². The van der Waals surface area contributed by atoms with Gasteiger partial charge in [0.05, 0.1) is 0 Å². The molecule has 0 fully saturated rings. The smallest absolute Gasteiger partial charge is 0.220 e. The van der Waals surface area contributed by atoms with Crippen LogP contribution in [0, 0.1) is 5.92 Å². The molecule has 1 aliphatic carbocycles. The fraction of sp³-hybridized carbons (Fsp3) is 0.286. The van der Waals surface area contributed by atoms with Crippen LogP contribution in [0.5, 0.6) is 0 Å². The van der Waals surface area contributed by atoms with Crippen molar-refractivity contribution < 1.29 is 9.59 Å². The van der Waals surface area contributed by atoms with E-state index >= 15 is 0 Å². The van der Waals surface area contributed by atoms with Crippen LogP contribution in [-0.2, 0) is 9.59 Å². The van der Waals surface area contributed by atoms with Crippen LogP contribution >= 0.6 is 0 Å². The maximum atomic E-state index is 12.1. The van der Waals surface area contributed by atoms with Gasteiger partial charge >= 0.3 is 0 Å². The summed E-state index contributed by atoms with van der Waals surface area (Å²) in [7, 11) is 1.59. The molecule has 0 saturated heterocycles. The number of hydrogen-bond donors (Lipinski definition) is 1. The van der Waals surface area contributed by atoms with Gasteiger partial charge in [-0.3, -0.25) is 9.59 Å².